The minimum absolute atomic E-state index is 0.150. The summed E-state index contributed by atoms with van der Waals surface area (Å²) < 4.78 is 21.5. The average molecular weight is 575 g/mol. The number of carbonyl (C=O) groups is 2. The largest absolute Gasteiger partial charge is 0.378 e. The molecule has 0 spiro atoms. The Balaban J connectivity index is 1.38. The fourth-order valence-electron chi connectivity index (χ4n) is 4.75. The van der Waals surface area contributed by atoms with Crippen LogP contribution in [0.15, 0.2) is 48.9 Å². The van der Waals surface area contributed by atoms with Crippen molar-refractivity contribution in [2.24, 2.45) is 0 Å². The molecule has 3 heterocycles. The lowest BCUT2D eigenvalue weighted by atomic mass is 10.1. The number of rotatable bonds is 8. The van der Waals surface area contributed by atoms with E-state index < -0.39 is 11.7 Å². The van der Waals surface area contributed by atoms with Crippen LogP contribution >= 0.6 is 0 Å². The molecule has 5 rings (SSSR count). The summed E-state index contributed by atoms with van der Waals surface area (Å²) in [5, 5.41) is 13.5. The lowest BCUT2D eigenvalue weighted by Gasteiger charge is -2.29. The monoisotopic (exact) mass is 574 g/mol. The molecule has 1 unspecified atom stereocenters. The van der Waals surface area contributed by atoms with Crippen molar-refractivity contribution in [3.8, 4) is 0 Å². The molecule has 1 atom stereocenters. The number of halogens is 1. The van der Waals surface area contributed by atoms with Crippen molar-refractivity contribution >= 4 is 40.2 Å². The van der Waals surface area contributed by atoms with E-state index in [0.29, 0.717) is 60.3 Å². The quantitative estimate of drug-likeness (QED) is 0.271. The van der Waals surface area contributed by atoms with Crippen molar-refractivity contribution in [3.05, 3.63) is 77.0 Å². The highest BCUT2D eigenvalue weighted by Crippen LogP contribution is 2.29. The zero-order chi connectivity index (χ0) is 30.0. The first-order chi connectivity index (χ1) is 20.1. The van der Waals surface area contributed by atoms with Crippen molar-refractivity contribution < 1.29 is 18.7 Å². The molecule has 0 radical (unpaired) electrons. The molecule has 42 heavy (non-hydrogen) atoms. The third kappa shape index (κ3) is 6.19. The second kappa shape index (κ2) is 12.1. The first kappa shape index (κ1) is 29.0. The molecule has 11 nitrogen and oxygen atoms in total. The second-order valence-corrected chi connectivity index (χ2v) is 10.6. The normalized spacial score (nSPS) is 14.2. The number of aryl methyl sites for hydroxylation is 2. The van der Waals surface area contributed by atoms with Crippen molar-refractivity contribution in [1.82, 2.24) is 24.8 Å². The van der Waals surface area contributed by atoms with Crippen LogP contribution in [-0.4, -0.2) is 77.9 Å². The van der Waals surface area contributed by atoms with Gasteiger partial charge in [0.15, 0.2) is 5.82 Å². The van der Waals surface area contributed by atoms with Gasteiger partial charge in [0.2, 0.25) is 0 Å². The Morgan fingerprint density at radius 1 is 1.07 bits per heavy atom. The average Bonchev–Trinajstić information content (AvgIpc) is 3.32. The summed E-state index contributed by atoms with van der Waals surface area (Å²) in [4.78, 5) is 34.5. The van der Waals surface area contributed by atoms with Gasteiger partial charge in [-0.2, -0.15) is 5.10 Å². The van der Waals surface area contributed by atoms with Gasteiger partial charge in [0.05, 0.1) is 24.9 Å². The number of fused-ring (bicyclic) bond motifs is 1. The number of carbonyl (C=O) groups excluding carboxylic acids is 2. The van der Waals surface area contributed by atoms with Crippen molar-refractivity contribution in [1.29, 1.82) is 0 Å². The van der Waals surface area contributed by atoms with Gasteiger partial charge < -0.3 is 25.6 Å². The standard InChI is InChI=1S/C30H35FN8O3/c1-18-6-7-23(35-29(40)21-12-22(31)14-24(13-21)38-8-10-42-11-9-38)15-26(18)36-28-27-19(2)25(16-39(27)33-17-32-28)30(41)34-20(3)37(4)5/h6-7,12-17,20H,8-11H2,1-5H3,(H,34,41)(H,35,40)(H,32,33,36). The van der Waals surface area contributed by atoms with Crippen LogP contribution in [0.2, 0.25) is 0 Å². The van der Waals surface area contributed by atoms with Gasteiger partial charge in [-0.1, -0.05) is 6.07 Å². The van der Waals surface area contributed by atoms with E-state index in [2.05, 4.69) is 26.0 Å². The van der Waals surface area contributed by atoms with E-state index >= 15 is 0 Å². The molecule has 220 valence electrons. The van der Waals surface area contributed by atoms with Gasteiger partial charge in [-0.3, -0.25) is 14.5 Å². The lowest BCUT2D eigenvalue weighted by Crippen LogP contribution is -2.42. The van der Waals surface area contributed by atoms with Gasteiger partial charge in [0, 0.05) is 41.9 Å². The van der Waals surface area contributed by atoms with Crippen LogP contribution in [0, 0.1) is 19.7 Å². The molecule has 1 aliphatic heterocycles. The molecular formula is C30H35FN8O3. The number of amides is 2. The summed E-state index contributed by atoms with van der Waals surface area (Å²) in [5.74, 6) is -0.600. The third-order valence-electron chi connectivity index (χ3n) is 7.46. The molecule has 3 N–H and O–H groups in total. The van der Waals surface area contributed by atoms with Gasteiger partial charge in [0.1, 0.15) is 17.7 Å². The number of hydrogen-bond acceptors (Lipinski definition) is 8. The van der Waals surface area contributed by atoms with Crippen LogP contribution in [-0.2, 0) is 4.74 Å². The summed E-state index contributed by atoms with van der Waals surface area (Å²) in [5.41, 5.74) is 4.89. The Hall–Kier alpha value is -4.55. The highest BCUT2D eigenvalue weighted by Gasteiger charge is 2.21. The predicted molar refractivity (Wildman–Crippen MR) is 160 cm³/mol. The summed E-state index contributed by atoms with van der Waals surface area (Å²) in [6, 6.07) is 9.79. The van der Waals surface area contributed by atoms with Crippen LogP contribution in [0.25, 0.3) is 5.52 Å². The van der Waals surface area contributed by atoms with E-state index in [4.69, 9.17) is 4.74 Å². The minimum atomic E-state index is -0.477. The molecule has 2 amide bonds. The number of anilines is 4. The third-order valence-corrected chi connectivity index (χ3v) is 7.46. The second-order valence-electron chi connectivity index (χ2n) is 10.6. The molecule has 12 heteroatoms. The summed E-state index contributed by atoms with van der Waals surface area (Å²) in [6.45, 7) is 8.08. The Kier molecular flexibility index (Phi) is 8.36. The fraction of sp³-hybridized carbons (Fsp3) is 0.333. The molecule has 1 saturated heterocycles. The zero-order valence-electron chi connectivity index (χ0n) is 24.4. The molecule has 4 aromatic rings. The summed E-state index contributed by atoms with van der Waals surface area (Å²) in [6.07, 6.45) is 2.95. The summed E-state index contributed by atoms with van der Waals surface area (Å²) >= 11 is 0. The number of nitrogens with zero attached hydrogens (tertiary/aromatic N) is 5. The molecule has 2 aromatic carbocycles. The maximum atomic E-state index is 14.5. The number of benzene rings is 2. The maximum absolute atomic E-state index is 14.5. The molecule has 1 fully saturated rings. The fourth-order valence-corrected chi connectivity index (χ4v) is 4.75. The van der Waals surface area contributed by atoms with E-state index in [9.17, 15) is 14.0 Å². The molecular weight excluding hydrogens is 539 g/mol. The van der Waals surface area contributed by atoms with E-state index in [-0.39, 0.29) is 17.6 Å². The van der Waals surface area contributed by atoms with Gasteiger partial charge in [0.25, 0.3) is 11.8 Å². The van der Waals surface area contributed by atoms with Crippen molar-refractivity contribution in [2.75, 3.05) is 55.9 Å². The number of morpholine rings is 1. The van der Waals surface area contributed by atoms with E-state index in [0.717, 1.165) is 11.1 Å². The van der Waals surface area contributed by atoms with Gasteiger partial charge in [-0.15, -0.1) is 0 Å². The first-order valence-electron chi connectivity index (χ1n) is 13.7. The lowest BCUT2D eigenvalue weighted by molar-refractivity contribution is 0.0899. The van der Waals surface area contributed by atoms with E-state index in [1.807, 2.05) is 50.7 Å². The minimum Gasteiger partial charge on any atom is -0.378 e. The Labute approximate surface area is 243 Å². The van der Waals surface area contributed by atoms with Crippen molar-refractivity contribution in [3.63, 3.8) is 0 Å². The molecule has 1 aliphatic rings. The number of ether oxygens (including phenoxy) is 1. The topological polar surface area (TPSA) is 116 Å². The van der Waals surface area contributed by atoms with E-state index in [1.165, 1.54) is 18.5 Å². The Bertz CT molecular complexity index is 1630. The Morgan fingerprint density at radius 3 is 2.57 bits per heavy atom. The highest BCUT2D eigenvalue weighted by molar-refractivity contribution is 6.05. The molecule has 0 saturated carbocycles. The smallest absolute Gasteiger partial charge is 0.255 e. The zero-order valence-corrected chi connectivity index (χ0v) is 24.4. The SMILES string of the molecule is Cc1ccc(NC(=O)c2cc(F)cc(N3CCOCC3)c2)cc1Nc1ncnn2cc(C(=O)NC(C)N(C)C)c(C)c12. The van der Waals surface area contributed by atoms with Crippen LogP contribution in [0.3, 0.4) is 0 Å². The van der Waals surface area contributed by atoms with Crippen molar-refractivity contribution in [2.45, 2.75) is 26.9 Å². The Morgan fingerprint density at radius 2 is 1.83 bits per heavy atom. The molecule has 0 aliphatic carbocycles. The molecule has 2 aromatic heterocycles. The van der Waals surface area contributed by atoms with Gasteiger partial charge in [-0.05, 0) is 76.3 Å². The van der Waals surface area contributed by atoms with Crippen LogP contribution in [0.1, 0.15) is 38.8 Å². The summed E-state index contributed by atoms with van der Waals surface area (Å²) in [7, 11) is 3.78. The molecule has 0 bridgehead atoms. The predicted octanol–water partition coefficient (Wildman–Crippen LogP) is 3.96. The van der Waals surface area contributed by atoms with Gasteiger partial charge >= 0.3 is 0 Å². The first-order valence-corrected chi connectivity index (χ1v) is 13.7. The number of aromatic nitrogens is 3. The van der Waals surface area contributed by atoms with Crippen LogP contribution in [0.5, 0.6) is 0 Å². The number of nitrogens with one attached hydrogen (secondary N) is 3. The van der Waals surface area contributed by atoms with Crippen LogP contribution < -0.4 is 20.9 Å². The van der Waals surface area contributed by atoms with E-state index in [1.54, 1.807) is 28.9 Å². The highest BCUT2D eigenvalue weighted by atomic mass is 19.1. The van der Waals surface area contributed by atoms with Gasteiger partial charge in [-0.25, -0.2) is 13.9 Å². The number of hydrogen-bond donors (Lipinski definition) is 3. The van der Waals surface area contributed by atoms with Crippen LogP contribution in [0.4, 0.5) is 27.3 Å². The maximum Gasteiger partial charge on any atom is 0.255 e.